The number of alkyl halides is 1. The van der Waals surface area contributed by atoms with Gasteiger partial charge in [0, 0.05) is 18.6 Å². The minimum absolute atomic E-state index is 0.548. The van der Waals surface area contributed by atoms with Crippen molar-refractivity contribution in [2.45, 2.75) is 57.9 Å². The van der Waals surface area contributed by atoms with E-state index in [2.05, 4.69) is 21.2 Å². The molecule has 4 fully saturated rings. The molecule has 0 atom stereocenters. The first-order chi connectivity index (χ1) is 9.75. The molecule has 3 nitrogen and oxygen atoms in total. The first-order valence-electron chi connectivity index (χ1n) is 8.20. The van der Waals surface area contributed by atoms with Gasteiger partial charge in [0.25, 0.3) is 0 Å². The van der Waals surface area contributed by atoms with Gasteiger partial charge in [0.1, 0.15) is 0 Å². The molecule has 1 aromatic heterocycles. The minimum Gasteiger partial charge on any atom is -0.252 e. The second-order valence-corrected chi connectivity index (χ2v) is 8.00. The molecule has 4 aliphatic rings. The summed E-state index contributed by atoms with van der Waals surface area (Å²) in [6.45, 7) is 1.10. The summed E-state index contributed by atoms with van der Waals surface area (Å²) in [7, 11) is 0. The molecule has 5 rings (SSSR count). The van der Waals surface area contributed by atoms with E-state index in [0.717, 1.165) is 42.8 Å². The van der Waals surface area contributed by atoms with Crippen LogP contribution in [-0.4, -0.2) is 20.9 Å². The van der Waals surface area contributed by atoms with Crippen molar-refractivity contribution < 1.29 is 0 Å². The van der Waals surface area contributed by atoms with E-state index in [1.54, 1.807) is 0 Å². The molecule has 0 unspecified atom stereocenters. The molecule has 1 aromatic rings. The summed E-state index contributed by atoms with van der Waals surface area (Å²) in [5.41, 5.74) is 1.65. The Hall–Kier alpha value is -0.570. The SMILES string of the molecule is ClCCCc1cn(CC23CC4CC(CC(C4)C2)C3)nn1. The minimum atomic E-state index is 0.548. The Bertz CT molecular complexity index is 447. The van der Waals surface area contributed by atoms with E-state index >= 15 is 0 Å². The van der Waals surface area contributed by atoms with Crippen molar-refractivity contribution in [3.8, 4) is 0 Å². The lowest BCUT2D eigenvalue weighted by Gasteiger charge is -2.56. The zero-order valence-corrected chi connectivity index (χ0v) is 12.9. The molecule has 0 N–H and O–H groups in total. The molecule has 20 heavy (non-hydrogen) atoms. The molecule has 0 radical (unpaired) electrons. The summed E-state index contributed by atoms with van der Waals surface area (Å²) in [4.78, 5) is 0. The average Bonchev–Trinajstić information content (AvgIpc) is 2.81. The Morgan fingerprint density at radius 1 is 1.15 bits per heavy atom. The zero-order chi connectivity index (χ0) is 13.6. The molecule has 0 spiro atoms. The van der Waals surface area contributed by atoms with E-state index < -0.39 is 0 Å². The number of hydrogen-bond donors (Lipinski definition) is 0. The molecule has 110 valence electrons. The van der Waals surface area contributed by atoms with Crippen molar-refractivity contribution in [3.63, 3.8) is 0 Å². The second kappa shape index (κ2) is 5.01. The Kier molecular flexibility index (Phi) is 3.29. The van der Waals surface area contributed by atoms with Crippen molar-refractivity contribution in [3.05, 3.63) is 11.9 Å². The van der Waals surface area contributed by atoms with Gasteiger partial charge in [-0.3, -0.25) is 4.68 Å². The molecule has 4 aliphatic carbocycles. The number of rotatable bonds is 5. The van der Waals surface area contributed by atoms with Gasteiger partial charge in [-0.25, -0.2) is 0 Å². The maximum Gasteiger partial charge on any atom is 0.0827 e. The lowest BCUT2D eigenvalue weighted by Crippen LogP contribution is -2.48. The van der Waals surface area contributed by atoms with Gasteiger partial charge in [0.05, 0.1) is 5.69 Å². The van der Waals surface area contributed by atoms with Crippen LogP contribution in [0.1, 0.15) is 50.6 Å². The van der Waals surface area contributed by atoms with Gasteiger partial charge in [-0.05, 0) is 74.5 Å². The van der Waals surface area contributed by atoms with Crippen LogP contribution in [-0.2, 0) is 13.0 Å². The number of hydrogen-bond acceptors (Lipinski definition) is 2. The smallest absolute Gasteiger partial charge is 0.0827 e. The predicted molar refractivity (Wildman–Crippen MR) is 79.7 cm³/mol. The van der Waals surface area contributed by atoms with Gasteiger partial charge in [0.15, 0.2) is 0 Å². The van der Waals surface area contributed by atoms with Crippen molar-refractivity contribution in [1.29, 1.82) is 0 Å². The third-order valence-corrected chi connectivity index (χ3v) is 6.08. The molecule has 0 saturated heterocycles. The van der Waals surface area contributed by atoms with Crippen LogP contribution >= 0.6 is 11.6 Å². The van der Waals surface area contributed by atoms with Crippen molar-refractivity contribution in [2.24, 2.45) is 23.2 Å². The Labute approximate surface area is 126 Å². The normalized spacial score (nSPS) is 38.5. The van der Waals surface area contributed by atoms with Crippen LogP contribution in [0.3, 0.4) is 0 Å². The summed E-state index contributed by atoms with van der Waals surface area (Å²) < 4.78 is 2.12. The molecule has 0 aromatic carbocycles. The fraction of sp³-hybridized carbons (Fsp3) is 0.875. The highest BCUT2D eigenvalue weighted by atomic mass is 35.5. The monoisotopic (exact) mass is 293 g/mol. The summed E-state index contributed by atoms with van der Waals surface area (Å²) in [5, 5.41) is 8.67. The molecule has 4 heteroatoms. The van der Waals surface area contributed by atoms with E-state index in [9.17, 15) is 0 Å². The molecule has 1 heterocycles. The van der Waals surface area contributed by atoms with E-state index in [4.69, 9.17) is 11.6 Å². The Morgan fingerprint density at radius 3 is 2.40 bits per heavy atom. The van der Waals surface area contributed by atoms with Gasteiger partial charge < -0.3 is 0 Å². The average molecular weight is 294 g/mol. The predicted octanol–water partition coefficient (Wildman–Crippen LogP) is 3.67. The molecule has 0 amide bonds. The third-order valence-electron chi connectivity index (χ3n) is 5.82. The second-order valence-electron chi connectivity index (χ2n) is 7.62. The van der Waals surface area contributed by atoms with Crippen LogP contribution in [0.15, 0.2) is 6.20 Å². The number of halogens is 1. The largest absolute Gasteiger partial charge is 0.252 e. The summed E-state index contributed by atoms with van der Waals surface area (Å²) in [6, 6.07) is 0. The van der Waals surface area contributed by atoms with Crippen LogP contribution in [0, 0.1) is 23.2 Å². The van der Waals surface area contributed by atoms with Crippen LogP contribution in [0.25, 0.3) is 0 Å². The standard InChI is InChI=1S/C16H24ClN3/c17-3-1-2-15-10-20(19-18-15)11-16-7-12-4-13(8-16)6-14(5-12)9-16/h10,12-14H,1-9,11H2. The van der Waals surface area contributed by atoms with Gasteiger partial charge in [-0.1, -0.05) is 5.21 Å². The van der Waals surface area contributed by atoms with E-state index in [1.165, 1.54) is 38.5 Å². The fourth-order valence-electron chi connectivity index (χ4n) is 5.61. The van der Waals surface area contributed by atoms with Gasteiger partial charge in [-0.15, -0.1) is 16.7 Å². The van der Waals surface area contributed by atoms with Crippen LogP contribution < -0.4 is 0 Å². The van der Waals surface area contributed by atoms with Crippen LogP contribution in [0.5, 0.6) is 0 Å². The number of nitrogens with zero attached hydrogens (tertiary/aromatic N) is 3. The molecular formula is C16H24ClN3. The first kappa shape index (κ1) is 13.1. The van der Waals surface area contributed by atoms with E-state index in [-0.39, 0.29) is 0 Å². The molecule has 4 bridgehead atoms. The van der Waals surface area contributed by atoms with Crippen molar-refractivity contribution in [1.82, 2.24) is 15.0 Å². The lowest BCUT2D eigenvalue weighted by atomic mass is 9.49. The third kappa shape index (κ3) is 2.38. The Morgan fingerprint density at radius 2 is 1.80 bits per heavy atom. The summed E-state index contributed by atoms with van der Waals surface area (Å²) >= 11 is 5.75. The van der Waals surface area contributed by atoms with Crippen molar-refractivity contribution >= 4 is 11.6 Å². The van der Waals surface area contributed by atoms with E-state index in [0.29, 0.717) is 11.3 Å². The van der Waals surface area contributed by atoms with Gasteiger partial charge in [0.2, 0.25) is 0 Å². The lowest BCUT2D eigenvalue weighted by molar-refractivity contribution is -0.0637. The van der Waals surface area contributed by atoms with Gasteiger partial charge in [-0.2, -0.15) is 0 Å². The van der Waals surface area contributed by atoms with Crippen LogP contribution in [0.2, 0.25) is 0 Å². The molecular weight excluding hydrogens is 270 g/mol. The van der Waals surface area contributed by atoms with Crippen LogP contribution in [0.4, 0.5) is 0 Å². The van der Waals surface area contributed by atoms with Crippen molar-refractivity contribution in [2.75, 3.05) is 5.88 Å². The highest BCUT2D eigenvalue weighted by molar-refractivity contribution is 6.17. The highest BCUT2D eigenvalue weighted by Crippen LogP contribution is 2.60. The molecule has 4 saturated carbocycles. The maximum atomic E-state index is 5.75. The summed E-state index contributed by atoms with van der Waals surface area (Å²) in [5.74, 6) is 3.75. The fourth-order valence-corrected chi connectivity index (χ4v) is 5.74. The van der Waals surface area contributed by atoms with Gasteiger partial charge >= 0.3 is 0 Å². The summed E-state index contributed by atoms with van der Waals surface area (Å²) in [6.07, 6.45) is 13.0. The number of aromatic nitrogens is 3. The zero-order valence-electron chi connectivity index (χ0n) is 12.1. The quantitative estimate of drug-likeness (QED) is 0.776. The topological polar surface area (TPSA) is 30.7 Å². The maximum absolute atomic E-state index is 5.75. The molecule has 0 aliphatic heterocycles. The first-order valence-corrected chi connectivity index (χ1v) is 8.73. The van der Waals surface area contributed by atoms with E-state index in [1.807, 2.05) is 0 Å². The number of aryl methyl sites for hydroxylation is 1. The highest BCUT2D eigenvalue weighted by Gasteiger charge is 2.51. The Balaban J connectivity index is 1.47.